The van der Waals surface area contributed by atoms with Gasteiger partial charge in [-0.25, -0.2) is 13.2 Å². The second-order valence-corrected chi connectivity index (χ2v) is 8.44. The van der Waals surface area contributed by atoms with E-state index in [0.29, 0.717) is 18.9 Å². The number of carbonyl (C=O) groups excluding carboxylic acids is 1. The minimum absolute atomic E-state index is 0.306. The van der Waals surface area contributed by atoms with Gasteiger partial charge in [-0.15, -0.1) is 0 Å². The number of anilines is 1. The third kappa shape index (κ3) is 5.76. The maximum absolute atomic E-state index is 14.7. The van der Waals surface area contributed by atoms with Crippen LogP contribution in [0.25, 0.3) is 5.70 Å². The van der Waals surface area contributed by atoms with Gasteiger partial charge in [0.1, 0.15) is 17.5 Å². The molecule has 5 N–H and O–H groups in total. The third-order valence-electron chi connectivity index (χ3n) is 6.21. The predicted molar refractivity (Wildman–Crippen MR) is 120 cm³/mol. The third-order valence-corrected chi connectivity index (χ3v) is 6.21. The van der Waals surface area contributed by atoms with Crippen LogP contribution in [0, 0.1) is 17.5 Å². The largest absolute Gasteiger partial charge is 0.419 e. The number of benzene rings is 2. The highest BCUT2D eigenvalue weighted by Gasteiger charge is 2.44. The van der Waals surface area contributed by atoms with E-state index in [4.69, 9.17) is 10.5 Å². The predicted octanol–water partition coefficient (Wildman–Crippen LogP) is 4.08. The molecule has 0 heterocycles. The molecule has 1 atom stereocenters. The standard InChI is InChI=1S/C24H25F6N3O3/c1-36-23(6-3-7-23)19(12-34)32-11-18(31)21-16(25)9-14(10-17(21)26)33-20(35)8-13-4-2-5-15(22(13)27)24(28,29)30/h2,4-5,9-11,19,32,34H,3,6-8,12,31H2,1H3,(H,33,35)/b18-11-. The van der Waals surface area contributed by atoms with Crippen LogP contribution in [-0.2, 0) is 22.1 Å². The molecule has 2 aromatic rings. The summed E-state index contributed by atoms with van der Waals surface area (Å²) in [6.45, 7) is -0.306. The highest BCUT2D eigenvalue weighted by atomic mass is 19.4. The van der Waals surface area contributed by atoms with Crippen molar-refractivity contribution in [2.75, 3.05) is 19.0 Å². The molecular weight excluding hydrogens is 492 g/mol. The van der Waals surface area contributed by atoms with Gasteiger partial charge in [0.15, 0.2) is 0 Å². The summed E-state index contributed by atoms with van der Waals surface area (Å²) < 4.78 is 87.5. The molecule has 0 spiro atoms. The smallest absolute Gasteiger partial charge is 0.397 e. The Kier molecular flexibility index (Phi) is 8.19. The molecule has 1 saturated carbocycles. The summed E-state index contributed by atoms with van der Waals surface area (Å²) in [6, 6.07) is 3.47. The van der Waals surface area contributed by atoms with Crippen molar-refractivity contribution < 1.29 is 41.0 Å². The van der Waals surface area contributed by atoms with Gasteiger partial charge in [-0.3, -0.25) is 4.79 Å². The molecule has 2 aromatic carbocycles. The van der Waals surface area contributed by atoms with E-state index in [9.17, 15) is 36.2 Å². The van der Waals surface area contributed by atoms with Crippen LogP contribution in [0.5, 0.6) is 0 Å². The first-order valence-corrected chi connectivity index (χ1v) is 10.9. The van der Waals surface area contributed by atoms with Crippen molar-refractivity contribution in [1.29, 1.82) is 0 Å². The van der Waals surface area contributed by atoms with Gasteiger partial charge in [0.2, 0.25) is 5.91 Å². The summed E-state index contributed by atoms with van der Waals surface area (Å²) >= 11 is 0. The average molecular weight is 517 g/mol. The Hall–Kier alpha value is -3.25. The van der Waals surface area contributed by atoms with Crippen molar-refractivity contribution in [1.82, 2.24) is 5.32 Å². The molecule has 0 saturated heterocycles. The average Bonchev–Trinajstić information content (AvgIpc) is 2.75. The van der Waals surface area contributed by atoms with Crippen LogP contribution in [0.15, 0.2) is 36.5 Å². The summed E-state index contributed by atoms with van der Waals surface area (Å²) in [5, 5.41) is 14.6. The minimum atomic E-state index is -4.94. The zero-order valence-corrected chi connectivity index (χ0v) is 19.2. The van der Waals surface area contributed by atoms with E-state index in [0.717, 1.165) is 36.9 Å². The Labute approximate surface area is 203 Å². The maximum Gasteiger partial charge on any atom is 0.419 e. The summed E-state index contributed by atoms with van der Waals surface area (Å²) in [7, 11) is 1.50. The Morgan fingerprint density at radius 2 is 1.86 bits per heavy atom. The highest BCUT2D eigenvalue weighted by Crippen LogP contribution is 2.38. The van der Waals surface area contributed by atoms with Gasteiger partial charge in [0.25, 0.3) is 0 Å². The van der Waals surface area contributed by atoms with E-state index in [1.807, 2.05) is 0 Å². The summed E-state index contributed by atoms with van der Waals surface area (Å²) in [5.74, 6) is -4.84. The van der Waals surface area contributed by atoms with Gasteiger partial charge >= 0.3 is 6.18 Å². The molecule has 6 nitrogen and oxygen atoms in total. The van der Waals surface area contributed by atoms with E-state index in [1.165, 1.54) is 7.11 Å². The normalized spacial score (nSPS) is 16.3. The van der Waals surface area contributed by atoms with Crippen molar-refractivity contribution in [3.63, 3.8) is 0 Å². The SMILES string of the molecule is COC1(C(CO)N/C=C(\N)c2c(F)cc(NC(=O)Cc3cccc(C(F)(F)F)c3F)cc2F)CCC1. The number of carbonyl (C=O) groups is 1. The summed E-state index contributed by atoms with van der Waals surface area (Å²) in [4.78, 5) is 12.2. The molecule has 36 heavy (non-hydrogen) atoms. The van der Waals surface area contributed by atoms with Gasteiger partial charge in [-0.1, -0.05) is 12.1 Å². The number of amides is 1. The number of hydrogen-bond donors (Lipinski definition) is 4. The maximum atomic E-state index is 14.7. The van der Waals surface area contributed by atoms with Gasteiger partial charge in [0.05, 0.1) is 41.5 Å². The Balaban J connectivity index is 1.73. The second-order valence-electron chi connectivity index (χ2n) is 8.44. The summed E-state index contributed by atoms with van der Waals surface area (Å²) in [5.41, 5.74) is 1.91. The van der Waals surface area contributed by atoms with Crippen molar-refractivity contribution >= 4 is 17.3 Å². The Bertz CT molecular complexity index is 1120. The summed E-state index contributed by atoms with van der Waals surface area (Å²) in [6.07, 6.45) is -2.30. The van der Waals surface area contributed by atoms with Crippen LogP contribution in [0.4, 0.5) is 32.0 Å². The Morgan fingerprint density at radius 1 is 1.22 bits per heavy atom. The number of aliphatic hydroxyl groups excluding tert-OH is 1. The molecule has 12 heteroatoms. The van der Waals surface area contributed by atoms with Crippen LogP contribution >= 0.6 is 0 Å². The van der Waals surface area contributed by atoms with Crippen LogP contribution < -0.4 is 16.4 Å². The fourth-order valence-corrected chi connectivity index (χ4v) is 4.09. The van der Waals surface area contributed by atoms with Gasteiger partial charge in [-0.05, 0) is 43.0 Å². The van der Waals surface area contributed by atoms with Crippen LogP contribution in [0.3, 0.4) is 0 Å². The number of nitrogens with one attached hydrogen (secondary N) is 2. The monoisotopic (exact) mass is 517 g/mol. The van der Waals surface area contributed by atoms with E-state index in [-0.39, 0.29) is 18.0 Å². The lowest BCUT2D eigenvalue weighted by molar-refractivity contribution is -0.140. The number of methoxy groups -OCH3 is 1. The minimum Gasteiger partial charge on any atom is -0.397 e. The van der Waals surface area contributed by atoms with E-state index in [1.54, 1.807) is 0 Å². The number of hydrogen-bond acceptors (Lipinski definition) is 5. The molecule has 1 aliphatic carbocycles. The van der Waals surface area contributed by atoms with Crippen LogP contribution in [-0.4, -0.2) is 36.4 Å². The molecule has 1 aliphatic rings. The van der Waals surface area contributed by atoms with Crippen LogP contribution in [0.2, 0.25) is 0 Å². The first kappa shape index (κ1) is 27.3. The zero-order valence-electron chi connectivity index (χ0n) is 19.2. The van der Waals surface area contributed by atoms with Gasteiger partial charge < -0.3 is 26.2 Å². The van der Waals surface area contributed by atoms with E-state index >= 15 is 0 Å². The quantitative estimate of drug-likeness (QED) is 0.376. The number of aliphatic hydroxyl groups is 1. The topological polar surface area (TPSA) is 96.6 Å². The van der Waals surface area contributed by atoms with Crippen molar-refractivity contribution in [3.05, 3.63) is 70.7 Å². The van der Waals surface area contributed by atoms with Crippen molar-refractivity contribution in [2.24, 2.45) is 5.73 Å². The molecular formula is C24H25F6N3O3. The van der Waals surface area contributed by atoms with Gasteiger partial charge in [0, 0.05) is 19.0 Å². The molecule has 196 valence electrons. The second kappa shape index (κ2) is 10.8. The van der Waals surface area contributed by atoms with Crippen LogP contribution in [0.1, 0.15) is 36.0 Å². The lowest BCUT2D eigenvalue weighted by Gasteiger charge is -2.45. The first-order chi connectivity index (χ1) is 16.9. The number of ether oxygens (including phenoxy) is 1. The number of nitrogens with two attached hydrogens (primary N) is 1. The molecule has 0 aliphatic heterocycles. The first-order valence-electron chi connectivity index (χ1n) is 10.9. The molecule has 3 rings (SSSR count). The number of halogens is 6. The fourth-order valence-electron chi connectivity index (χ4n) is 4.09. The zero-order chi connectivity index (χ0) is 26.7. The van der Waals surface area contributed by atoms with Crippen molar-refractivity contribution in [2.45, 2.75) is 43.5 Å². The highest BCUT2D eigenvalue weighted by molar-refractivity contribution is 5.92. The van der Waals surface area contributed by atoms with Gasteiger partial charge in [-0.2, -0.15) is 13.2 Å². The molecule has 1 fully saturated rings. The van der Waals surface area contributed by atoms with Crippen molar-refractivity contribution in [3.8, 4) is 0 Å². The lowest BCUT2D eigenvalue weighted by Crippen LogP contribution is -2.57. The molecule has 0 bridgehead atoms. The molecule has 0 aromatic heterocycles. The van der Waals surface area contributed by atoms with E-state index in [2.05, 4.69) is 10.6 Å². The molecule has 0 radical (unpaired) electrons. The van der Waals surface area contributed by atoms with E-state index < -0.39 is 64.3 Å². The lowest BCUT2D eigenvalue weighted by atomic mass is 9.74. The Morgan fingerprint density at radius 3 is 2.36 bits per heavy atom. The number of alkyl halides is 3. The number of rotatable bonds is 9. The fraction of sp³-hybridized carbons (Fsp3) is 0.375. The molecule has 1 amide bonds. The molecule has 1 unspecified atom stereocenters.